The summed E-state index contributed by atoms with van der Waals surface area (Å²) in [4.78, 5) is 4.22. The zero-order valence-corrected chi connectivity index (χ0v) is 11.3. The predicted molar refractivity (Wildman–Crippen MR) is 80.8 cm³/mol. The Hall–Kier alpha value is -2.13. The molecule has 1 N–H and O–H groups in total. The summed E-state index contributed by atoms with van der Waals surface area (Å²) >= 11 is 0. The van der Waals surface area contributed by atoms with E-state index in [-0.39, 0.29) is 0 Å². The first kappa shape index (κ1) is 12.9. The molecule has 2 aromatic rings. The maximum atomic E-state index is 5.77. The van der Waals surface area contributed by atoms with Crippen molar-refractivity contribution in [1.29, 1.82) is 0 Å². The van der Waals surface area contributed by atoms with Crippen molar-refractivity contribution < 1.29 is 4.74 Å². The molecule has 3 rings (SSSR count). The SMILES string of the molecule is C(=Cc1cncc(Oc2ccccc2)c1)CC1CCN1. The van der Waals surface area contributed by atoms with Gasteiger partial charge in [0.25, 0.3) is 0 Å². The monoisotopic (exact) mass is 266 g/mol. The van der Waals surface area contributed by atoms with Crippen LogP contribution in [0.3, 0.4) is 0 Å². The molecule has 0 amide bonds. The van der Waals surface area contributed by atoms with Crippen LogP contribution in [-0.4, -0.2) is 17.6 Å². The first-order valence-corrected chi connectivity index (χ1v) is 6.98. The van der Waals surface area contributed by atoms with Crippen LogP contribution in [0.15, 0.2) is 54.9 Å². The van der Waals surface area contributed by atoms with Crippen molar-refractivity contribution in [2.24, 2.45) is 0 Å². The average Bonchev–Trinajstić information content (AvgIpc) is 2.43. The molecule has 1 fully saturated rings. The fourth-order valence-corrected chi connectivity index (χ4v) is 2.13. The second-order valence-electron chi connectivity index (χ2n) is 4.95. The van der Waals surface area contributed by atoms with Crippen molar-refractivity contribution in [3.05, 3.63) is 60.4 Å². The summed E-state index contributed by atoms with van der Waals surface area (Å²) < 4.78 is 5.77. The Labute approximate surface area is 119 Å². The van der Waals surface area contributed by atoms with Gasteiger partial charge in [-0.1, -0.05) is 30.4 Å². The van der Waals surface area contributed by atoms with Crippen LogP contribution in [0.1, 0.15) is 18.4 Å². The summed E-state index contributed by atoms with van der Waals surface area (Å²) in [5.41, 5.74) is 1.07. The van der Waals surface area contributed by atoms with Crippen LogP contribution in [0.2, 0.25) is 0 Å². The average molecular weight is 266 g/mol. The van der Waals surface area contributed by atoms with Gasteiger partial charge in [0, 0.05) is 12.2 Å². The van der Waals surface area contributed by atoms with E-state index in [1.54, 1.807) is 6.20 Å². The van der Waals surface area contributed by atoms with Gasteiger partial charge >= 0.3 is 0 Å². The molecular weight excluding hydrogens is 248 g/mol. The van der Waals surface area contributed by atoms with Crippen molar-refractivity contribution in [3.8, 4) is 11.5 Å². The Morgan fingerprint density at radius 3 is 2.80 bits per heavy atom. The van der Waals surface area contributed by atoms with Gasteiger partial charge in [-0.15, -0.1) is 0 Å². The summed E-state index contributed by atoms with van der Waals surface area (Å²) in [6, 6.07) is 12.4. The topological polar surface area (TPSA) is 34.1 Å². The predicted octanol–water partition coefficient (Wildman–Crippen LogP) is 3.64. The molecular formula is C17H18N2O. The first-order chi connectivity index (χ1) is 9.90. The van der Waals surface area contributed by atoms with Gasteiger partial charge in [-0.25, -0.2) is 0 Å². The van der Waals surface area contributed by atoms with E-state index in [1.165, 1.54) is 6.42 Å². The number of rotatable bonds is 5. The van der Waals surface area contributed by atoms with Gasteiger partial charge in [0.1, 0.15) is 11.5 Å². The summed E-state index contributed by atoms with van der Waals surface area (Å²) in [5, 5.41) is 3.38. The number of ether oxygens (including phenoxy) is 1. The second kappa shape index (κ2) is 6.35. The molecule has 0 aliphatic carbocycles. The Kier molecular flexibility index (Phi) is 4.09. The van der Waals surface area contributed by atoms with Crippen LogP contribution >= 0.6 is 0 Å². The maximum Gasteiger partial charge on any atom is 0.146 e. The fraction of sp³-hybridized carbons (Fsp3) is 0.235. The summed E-state index contributed by atoms with van der Waals surface area (Å²) in [6.45, 7) is 1.15. The minimum absolute atomic E-state index is 0.656. The van der Waals surface area contributed by atoms with Crippen molar-refractivity contribution in [2.75, 3.05) is 6.54 Å². The van der Waals surface area contributed by atoms with E-state index in [0.717, 1.165) is 30.0 Å². The molecule has 0 saturated carbocycles. The summed E-state index contributed by atoms with van der Waals surface area (Å²) in [6.07, 6.45) is 10.2. The van der Waals surface area contributed by atoms with Crippen LogP contribution in [0.4, 0.5) is 0 Å². The van der Waals surface area contributed by atoms with Gasteiger partial charge in [-0.3, -0.25) is 4.98 Å². The Bertz CT molecular complexity index is 577. The largest absolute Gasteiger partial charge is 0.456 e. The Balaban J connectivity index is 1.63. The van der Waals surface area contributed by atoms with Crippen LogP contribution in [-0.2, 0) is 0 Å². The number of hydrogen-bond donors (Lipinski definition) is 1. The van der Waals surface area contributed by atoms with Crippen LogP contribution in [0.5, 0.6) is 11.5 Å². The third-order valence-electron chi connectivity index (χ3n) is 3.37. The lowest BCUT2D eigenvalue weighted by atomic mass is 10.0. The molecule has 1 atom stereocenters. The number of para-hydroxylation sites is 1. The van der Waals surface area contributed by atoms with Gasteiger partial charge in [0.15, 0.2) is 0 Å². The number of pyridine rings is 1. The smallest absolute Gasteiger partial charge is 0.146 e. The van der Waals surface area contributed by atoms with Crippen LogP contribution in [0.25, 0.3) is 6.08 Å². The standard InChI is InChI=1S/C17H18N2O/c1-2-7-16(8-3-1)20-17-11-14(12-18-13-17)5-4-6-15-9-10-19-15/h1-5,7-8,11-13,15,19H,6,9-10H2. The van der Waals surface area contributed by atoms with E-state index >= 15 is 0 Å². The van der Waals surface area contributed by atoms with E-state index in [2.05, 4.69) is 22.5 Å². The van der Waals surface area contributed by atoms with Gasteiger partial charge in [-0.2, -0.15) is 0 Å². The highest BCUT2D eigenvalue weighted by atomic mass is 16.5. The van der Waals surface area contributed by atoms with Gasteiger partial charge < -0.3 is 10.1 Å². The number of aromatic nitrogens is 1. The number of nitrogens with one attached hydrogen (secondary N) is 1. The zero-order valence-electron chi connectivity index (χ0n) is 11.3. The van der Waals surface area contributed by atoms with Crippen molar-refractivity contribution in [2.45, 2.75) is 18.9 Å². The van der Waals surface area contributed by atoms with Gasteiger partial charge in [-0.05, 0) is 43.1 Å². The second-order valence-corrected chi connectivity index (χ2v) is 4.95. The number of benzene rings is 1. The van der Waals surface area contributed by atoms with E-state index in [9.17, 15) is 0 Å². The molecule has 20 heavy (non-hydrogen) atoms. The van der Waals surface area contributed by atoms with Crippen molar-refractivity contribution >= 4 is 6.08 Å². The third-order valence-corrected chi connectivity index (χ3v) is 3.37. The highest BCUT2D eigenvalue weighted by Gasteiger charge is 2.13. The van der Waals surface area contributed by atoms with E-state index < -0.39 is 0 Å². The lowest BCUT2D eigenvalue weighted by molar-refractivity contribution is 0.374. The van der Waals surface area contributed by atoms with Crippen molar-refractivity contribution in [1.82, 2.24) is 10.3 Å². The van der Waals surface area contributed by atoms with E-state index in [4.69, 9.17) is 4.74 Å². The highest BCUT2D eigenvalue weighted by Crippen LogP contribution is 2.21. The normalized spacial score (nSPS) is 17.9. The minimum Gasteiger partial charge on any atom is -0.456 e. The highest BCUT2D eigenvalue weighted by molar-refractivity contribution is 5.50. The van der Waals surface area contributed by atoms with Crippen molar-refractivity contribution in [3.63, 3.8) is 0 Å². The molecule has 0 radical (unpaired) electrons. The molecule has 3 heteroatoms. The number of nitrogens with zero attached hydrogens (tertiary/aromatic N) is 1. The van der Waals surface area contributed by atoms with E-state index in [1.807, 2.05) is 42.6 Å². The molecule has 0 spiro atoms. The third kappa shape index (κ3) is 3.45. The lowest BCUT2D eigenvalue weighted by Gasteiger charge is -2.26. The molecule has 1 aromatic carbocycles. The molecule has 1 aliphatic heterocycles. The molecule has 0 bridgehead atoms. The first-order valence-electron chi connectivity index (χ1n) is 6.98. The summed E-state index contributed by atoms with van der Waals surface area (Å²) in [5.74, 6) is 1.59. The molecule has 1 aromatic heterocycles. The molecule has 1 unspecified atom stereocenters. The minimum atomic E-state index is 0.656. The zero-order chi connectivity index (χ0) is 13.6. The fourth-order valence-electron chi connectivity index (χ4n) is 2.13. The molecule has 3 nitrogen and oxygen atoms in total. The molecule has 1 saturated heterocycles. The lowest BCUT2D eigenvalue weighted by Crippen LogP contribution is -2.42. The van der Waals surface area contributed by atoms with Gasteiger partial charge in [0.2, 0.25) is 0 Å². The molecule has 102 valence electrons. The van der Waals surface area contributed by atoms with Crippen LogP contribution < -0.4 is 10.1 Å². The summed E-state index contributed by atoms with van der Waals surface area (Å²) in [7, 11) is 0. The van der Waals surface area contributed by atoms with Crippen LogP contribution in [0, 0.1) is 0 Å². The molecule has 2 heterocycles. The van der Waals surface area contributed by atoms with E-state index in [0.29, 0.717) is 6.04 Å². The maximum absolute atomic E-state index is 5.77. The quantitative estimate of drug-likeness (QED) is 0.897. The molecule has 1 aliphatic rings. The van der Waals surface area contributed by atoms with Gasteiger partial charge in [0.05, 0.1) is 6.20 Å². The number of hydrogen-bond acceptors (Lipinski definition) is 3. The Morgan fingerprint density at radius 2 is 2.05 bits per heavy atom. The Morgan fingerprint density at radius 1 is 1.20 bits per heavy atom.